The highest BCUT2D eigenvalue weighted by Crippen LogP contribution is 2.15. The molecular weight excluding hydrogens is 285 g/mol. The molecule has 0 radical (unpaired) electrons. The molecule has 0 fully saturated rings. The van der Waals surface area contributed by atoms with E-state index in [-0.39, 0.29) is 29.9 Å². The molecule has 0 saturated carbocycles. The highest BCUT2D eigenvalue weighted by molar-refractivity contribution is 5.92. The Morgan fingerprint density at radius 2 is 2.00 bits per heavy atom. The van der Waals surface area contributed by atoms with E-state index in [0.29, 0.717) is 5.69 Å². The lowest BCUT2D eigenvalue weighted by atomic mass is 9.92. The second kappa shape index (κ2) is 6.27. The molecule has 22 heavy (non-hydrogen) atoms. The van der Waals surface area contributed by atoms with Crippen molar-refractivity contribution in [1.29, 1.82) is 0 Å². The van der Waals surface area contributed by atoms with Gasteiger partial charge in [-0.2, -0.15) is 5.10 Å². The average Bonchev–Trinajstić information content (AvgIpc) is 2.95. The first-order chi connectivity index (χ1) is 10.3. The van der Waals surface area contributed by atoms with Crippen molar-refractivity contribution in [3.63, 3.8) is 0 Å². The molecule has 1 amide bonds. The second-order valence-electron chi connectivity index (χ2n) is 5.82. The molecule has 2 aromatic rings. The molecule has 0 aliphatic carbocycles. The number of amides is 1. The largest absolute Gasteiger partial charge is 0.388 e. The normalized spacial score (nSPS) is 13.9. The van der Waals surface area contributed by atoms with Gasteiger partial charge in [0, 0.05) is 12.7 Å². The van der Waals surface area contributed by atoms with Gasteiger partial charge in [-0.15, -0.1) is 0 Å². The highest BCUT2D eigenvalue weighted by atomic mass is 19.1. The third kappa shape index (κ3) is 3.71. The van der Waals surface area contributed by atoms with E-state index in [2.05, 4.69) is 10.4 Å². The first-order valence-electron chi connectivity index (χ1n) is 7.12. The summed E-state index contributed by atoms with van der Waals surface area (Å²) in [5.41, 5.74) is -0.0756. The summed E-state index contributed by atoms with van der Waals surface area (Å²) >= 11 is 0. The van der Waals surface area contributed by atoms with Crippen molar-refractivity contribution in [3.05, 3.63) is 48.0 Å². The zero-order valence-corrected chi connectivity index (χ0v) is 12.9. The molecule has 0 aliphatic heterocycles. The summed E-state index contributed by atoms with van der Waals surface area (Å²) < 4.78 is 14.4. The van der Waals surface area contributed by atoms with Crippen molar-refractivity contribution in [3.8, 4) is 5.69 Å². The van der Waals surface area contributed by atoms with Gasteiger partial charge in [-0.3, -0.25) is 4.79 Å². The number of nitrogens with one attached hydrogen (secondary N) is 1. The molecule has 5 nitrogen and oxygen atoms in total. The van der Waals surface area contributed by atoms with E-state index in [4.69, 9.17) is 0 Å². The van der Waals surface area contributed by atoms with E-state index in [1.807, 2.05) is 13.8 Å². The van der Waals surface area contributed by atoms with Crippen LogP contribution in [0.4, 0.5) is 4.39 Å². The molecule has 0 aliphatic rings. The molecule has 0 spiro atoms. The summed E-state index contributed by atoms with van der Waals surface area (Å²) in [6.45, 7) is 5.59. The summed E-state index contributed by atoms with van der Waals surface area (Å²) in [6, 6.07) is 7.39. The van der Waals surface area contributed by atoms with Crippen LogP contribution >= 0.6 is 0 Å². The van der Waals surface area contributed by atoms with Crippen LogP contribution in [0, 0.1) is 11.7 Å². The summed E-state index contributed by atoms with van der Waals surface area (Å²) in [7, 11) is 0. The van der Waals surface area contributed by atoms with Crippen molar-refractivity contribution >= 4 is 5.91 Å². The maximum absolute atomic E-state index is 12.9. The smallest absolute Gasteiger partial charge is 0.271 e. The Morgan fingerprint density at radius 3 is 2.59 bits per heavy atom. The number of aliphatic hydroxyl groups is 1. The number of benzene rings is 1. The van der Waals surface area contributed by atoms with Gasteiger partial charge in [0.25, 0.3) is 5.91 Å². The van der Waals surface area contributed by atoms with Gasteiger partial charge in [0.2, 0.25) is 0 Å². The fraction of sp³-hybridized carbons (Fsp3) is 0.375. The summed E-state index contributed by atoms with van der Waals surface area (Å²) in [6.07, 6.45) is 1.63. The van der Waals surface area contributed by atoms with Crippen LogP contribution in [-0.4, -0.2) is 32.9 Å². The van der Waals surface area contributed by atoms with Crippen LogP contribution in [0.25, 0.3) is 5.69 Å². The lowest BCUT2D eigenvalue weighted by Crippen LogP contribution is -2.44. The van der Waals surface area contributed by atoms with Gasteiger partial charge >= 0.3 is 0 Å². The molecule has 6 heteroatoms. The van der Waals surface area contributed by atoms with E-state index in [1.54, 1.807) is 31.3 Å². The third-order valence-electron chi connectivity index (χ3n) is 3.76. The van der Waals surface area contributed by atoms with Crippen molar-refractivity contribution in [2.75, 3.05) is 6.54 Å². The van der Waals surface area contributed by atoms with Crippen LogP contribution in [0.15, 0.2) is 36.5 Å². The number of halogens is 1. The number of hydrogen-bond acceptors (Lipinski definition) is 3. The molecule has 1 unspecified atom stereocenters. The van der Waals surface area contributed by atoms with Gasteiger partial charge in [0.05, 0.1) is 11.3 Å². The van der Waals surface area contributed by atoms with Gasteiger partial charge in [-0.1, -0.05) is 13.8 Å². The molecule has 1 aromatic carbocycles. The fourth-order valence-electron chi connectivity index (χ4n) is 1.74. The van der Waals surface area contributed by atoms with E-state index in [1.165, 1.54) is 16.8 Å². The Labute approximate surface area is 128 Å². The minimum absolute atomic E-state index is 0.0181. The fourth-order valence-corrected chi connectivity index (χ4v) is 1.74. The first kappa shape index (κ1) is 16.2. The molecule has 2 N–H and O–H groups in total. The van der Waals surface area contributed by atoms with Gasteiger partial charge in [-0.05, 0) is 43.2 Å². The molecule has 1 aromatic heterocycles. The molecule has 1 atom stereocenters. The van der Waals surface area contributed by atoms with E-state index in [0.717, 1.165) is 0 Å². The maximum Gasteiger partial charge on any atom is 0.271 e. The number of aromatic nitrogens is 2. The van der Waals surface area contributed by atoms with Crippen molar-refractivity contribution < 1.29 is 14.3 Å². The number of rotatable bonds is 5. The predicted octanol–water partition coefficient (Wildman–Crippen LogP) is 2.15. The van der Waals surface area contributed by atoms with Crippen LogP contribution in [0.5, 0.6) is 0 Å². The summed E-state index contributed by atoms with van der Waals surface area (Å²) in [4.78, 5) is 12.1. The van der Waals surface area contributed by atoms with Gasteiger partial charge in [-0.25, -0.2) is 9.07 Å². The number of carbonyl (C=O) groups excluding carboxylic acids is 1. The van der Waals surface area contributed by atoms with Crippen molar-refractivity contribution in [2.24, 2.45) is 5.92 Å². The molecular formula is C16H20FN3O2. The van der Waals surface area contributed by atoms with E-state index >= 15 is 0 Å². The van der Waals surface area contributed by atoms with Crippen LogP contribution < -0.4 is 5.32 Å². The standard InChI is InChI=1S/C16H20FN3O2/c1-11(2)16(3,22)10-18-15(21)14-8-9-20(19-14)13-6-4-12(17)5-7-13/h4-9,11,22H,10H2,1-3H3,(H,18,21). The number of nitrogens with zero attached hydrogens (tertiary/aromatic N) is 2. The summed E-state index contributed by atoms with van der Waals surface area (Å²) in [5.74, 6) is -0.670. The molecule has 118 valence electrons. The van der Waals surface area contributed by atoms with Gasteiger partial charge in [0.1, 0.15) is 5.82 Å². The van der Waals surface area contributed by atoms with Crippen LogP contribution in [0.3, 0.4) is 0 Å². The first-order valence-corrected chi connectivity index (χ1v) is 7.12. The highest BCUT2D eigenvalue weighted by Gasteiger charge is 2.25. The molecule has 0 bridgehead atoms. The lowest BCUT2D eigenvalue weighted by molar-refractivity contribution is 0.0142. The summed E-state index contributed by atoms with van der Waals surface area (Å²) in [5, 5.41) is 16.9. The third-order valence-corrected chi connectivity index (χ3v) is 3.76. The molecule has 2 rings (SSSR count). The zero-order chi connectivity index (χ0) is 16.3. The zero-order valence-electron chi connectivity index (χ0n) is 12.9. The Hall–Kier alpha value is -2.21. The Balaban J connectivity index is 2.05. The number of hydrogen-bond donors (Lipinski definition) is 2. The monoisotopic (exact) mass is 305 g/mol. The van der Waals surface area contributed by atoms with Crippen LogP contribution in [0.1, 0.15) is 31.3 Å². The topological polar surface area (TPSA) is 67.2 Å². The number of carbonyl (C=O) groups is 1. The Morgan fingerprint density at radius 1 is 1.36 bits per heavy atom. The lowest BCUT2D eigenvalue weighted by Gasteiger charge is -2.27. The van der Waals surface area contributed by atoms with Crippen LogP contribution in [0.2, 0.25) is 0 Å². The molecule has 1 heterocycles. The quantitative estimate of drug-likeness (QED) is 0.889. The van der Waals surface area contributed by atoms with E-state index < -0.39 is 5.60 Å². The van der Waals surface area contributed by atoms with Gasteiger partial charge < -0.3 is 10.4 Å². The SMILES string of the molecule is CC(C)C(C)(O)CNC(=O)c1ccn(-c2ccc(F)cc2)n1. The Bertz CT molecular complexity index is 648. The predicted molar refractivity (Wildman–Crippen MR) is 81.3 cm³/mol. The van der Waals surface area contributed by atoms with Crippen LogP contribution in [-0.2, 0) is 0 Å². The minimum atomic E-state index is -0.977. The molecule has 0 saturated heterocycles. The average molecular weight is 305 g/mol. The second-order valence-corrected chi connectivity index (χ2v) is 5.82. The van der Waals surface area contributed by atoms with Crippen molar-refractivity contribution in [1.82, 2.24) is 15.1 Å². The minimum Gasteiger partial charge on any atom is -0.388 e. The maximum atomic E-state index is 12.9. The van der Waals surface area contributed by atoms with Crippen molar-refractivity contribution in [2.45, 2.75) is 26.4 Å². The Kier molecular flexibility index (Phi) is 4.61. The van der Waals surface area contributed by atoms with Gasteiger partial charge in [0.15, 0.2) is 5.69 Å². The van der Waals surface area contributed by atoms with E-state index in [9.17, 15) is 14.3 Å².